The molecular weight excluding hydrogens is 414 g/mol. The molecule has 3 rings (SSSR count). The summed E-state index contributed by atoms with van der Waals surface area (Å²) in [5.41, 5.74) is 0.670. The van der Waals surface area contributed by atoms with Crippen LogP contribution >= 0.6 is 0 Å². The van der Waals surface area contributed by atoms with Crippen LogP contribution in [0.15, 0.2) is 59.4 Å². The predicted molar refractivity (Wildman–Crippen MR) is 134 cm³/mol. The van der Waals surface area contributed by atoms with Crippen LogP contribution in [0, 0.1) is 5.92 Å². The molecule has 0 bridgehead atoms. The van der Waals surface area contributed by atoms with Crippen LogP contribution in [-0.4, -0.2) is 21.7 Å². The van der Waals surface area contributed by atoms with Crippen molar-refractivity contribution in [2.45, 2.75) is 72.6 Å². The summed E-state index contributed by atoms with van der Waals surface area (Å²) < 4.78 is 13.9. The van der Waals surface area contributed by atoms with E-state index in [1.165, 1.54) is 0 Å². The zero-order valence-electron chi connectivity index (χ0n) is 20.9. The van der Waals surface area contributed by atoms with Crippen LogP contribution in [0.4, 0.5) is 0 Å². The Kier molecular flexibility index (Phi) is 6.73. The highest BCUT2D eigenvalue weighted by Crippen LogP contribution is 2.34. The first kappa shape index (κ1) is 24.6. The number of pyridine rings is 1. The number of benzene rings is 2. The molecule has 0 spiro atoms. The second-order valence-electron chi connectivity index (χ2n) is 10.1. The van der Waals surface area contributed by atoms with Gasteiger partial charge in [-0.2, -0.15) is 0 Å². The van der Waals surface area contributed by atoms with Gasteiger partial charge >= 0.3 is 5.97 Å². The van der Waals surface area contributed by atoms with Gasteiger partial charge in [0.2, 0.25) is 0 Å². The van der Waals surface area contributed by atoms with Gasteiger partial charge in [0, 0.05) is 17.7 Å². The van der Waals surface area contributed by atoms with E-state index in [9.17, 15) is 9.59 Å². The first-order valence-corrected chi connectivity index (χ1v) is 11.5. The third-order valence-electron chi connectivity index (χ3n) is 6.26. The molecule has 0 saturated heterocycles. The van der Waals surface area contributed by atoms with Crippen molar-refractivity contribution < 1.29 is 14.3 Å². The number of hydrogen-bond acceptors (Lipinski definition) is 4. The number of fused-ring (bicyclic) bond motifs is 1. The van der Waals surface area contributed by atoms with Crippen LogP contribution in [0.25, 0.3) is 22.0 Å². The Balaban J connectivity index is 2.06. The van der Waals surface area contributed by atoms with Gasteiger partial charge in [-0.25, -0.2) is 0 Å². The number of hydrogen-bond donors (Lipinski definition) is 0. The summed E-state index contributed by atoms with van der Waals surface area (Å²) in [5.74, 6) is 0.125. The number of carbonyl (C=O) groups excluding carboxylic acids is 1. The summed E-state index contributed by atoms with van der Waals surface area (Å²) >= 11 is 0. The van der Waals surface area contributed by atoms with Gasteiger partial charge in [0.25, 0.3) is 5.56 Å². The first-order chi connectivity index (χ1) is 15.3. The molecule has 0 radical (unpaired) electrons. The average molecular weight is 450 g/mol. The molecule has 33 heavy (non-hydrogen) atoms. The summed E-state index contributed by atoms with van der Waals surface area (Å²) in [4.78, 5) is 25.7. The standard InChI is InChI=1S/C28H35NO4/c1-18(2)26(31)33-28(7,8)27(5,6)32-22-15-14-21-16-23(20-12-10-9-11-13-20)25(30)29(19(3)4)24(21)17-22/h9-19H,1-8H3. The van der Waals surface area contributed by atoms with Gasteiger partial charge in [-0.3, -0.25) is 9.59 Å². The second-order valence-corrected chi connectivity index (χ2v) is 10.1. The van der Waals surface area contributed by atoms with Gasteiger partial charge in [0.05, 0.1) is 11.4 Å². The summed E-state index contributed by atoms with van der Waals surface area (Å²) in [7, 11) is 0. The minimum absolute atomic E-state index is 0.0321. The van der Waals surface area contributed by atoms with E-state index in [4.69, 9.17) is 9.47 Å². The fourth-order valence-electron chi connectivity index (χ4n) is 3.62. The molecule has 0 N–H and O–H groups in total. The number of ether oxygens (including phenoxy) is 2. The van der Waals surface area contributed by atoms with Gasteiger partial charge in [0.15, 0.2) is 0 Å². The van der Waals surface area contributed by atoms with Crippen molar-refractivity contribution >= 4 is 16.9 Å². The number of carbonyl (C=O) groups is 1. The predicted octanol–water partition coefficient (Wildman–Crippen LogP) is 6.38. The van der Waals surface area contributed by atoms with E-state index in [0.717, 1.165) is 16.5 Å². The Morgan fingerprint density at radius 3 is 2.09 bits per heavy atom. The molecule has 0 atom stereocenters. The van der Waals surface area contributed by atoms with E-state index < -0.39 is 11.2 Å². The third-order valence-corrected chi connectivity index (χ3v) is 6.26. The highest BCUT2D eigenvalue weighted by atomic mass is 16.6. The van der Waals surface area contributed by atoms with Crippen molar-refractivity contribution in [1.29, 1.82) is 0 Å². The molecule has 176 valence electrons. The van der Waals surface area contributed by atoms with Crippen LogP contribution in [-0.2, 0) is 9.53 Å². The van der Waals surface area contributed by atoms with Crippen molar-refractivity contribution in [2.24, 2.45) is 5.92 Å². The highest BCUT2D eigenvalue weighted by molar-refractivity contribution is 5.85. The van der Waals surface area contributed by atoms with Crippen LogP contribution in [0.1, 0.15) is 61.4 Å². The van der Waals surface area contributed by atoms with Crippen LogP contribution in [0.2, 0.25) is 0 Å². The molecule has 1 aromatic heterocycles. The van der Waals surface area contributed by atoms with Gasteiger partial charge in [-0.15, -0.1) is 0 Å². The van der Waals surface area contributed by atoms with E-state index in [1.807, 2.05) is 115 Å². The Morgan fingerprint density at radius 2 is 1.52 bits per heavy atom. The minimum Gasteiger partial charge on any atom is -0.484 e. The van der Waals surface area contributed by atoms with E-state index in [0.29, 0.717) is 11.3 Å². The zero-order valence-corrected chi connectivity index (χ0v) is 20.9. The lowest BCUT2D eigenvalue weighted by atomic mass is 9.88. The van der Waals surface area contributed by atoms with Crippen LogP contribution in [0.5, 0.6) is 5.75 Å². The monoisotopic (exact) mass is 449 g/mol. The van der Waals surface area contributed by atoms with Crippen molar-refractivity contribution in [1.82, 2.24) is 4.57 Å². The largest absolute Gasteiger partial charge is 0.484 e. The Bertz CT molecular complexity index is 1200. The molecule has 0 aliphatic rings. The first-order valence-electron chi connectivity index (χ1n) is 11.5. The summed E-state index contributed by atoms with van der Waals surface area (Å²) in [6.45, 7) is 15.1. The molecule has 0 unspecified atom stereocenters. The quantitative estimate of drug-likeness (QED) is 0.393. The third kappa shape index (κ3) is 4.97. The highest BCUT2D eigenvalue weighted by Gasteiger charge is 2.43. The molecule has 5 heteroatoms. The van der Waals surface area contributed by atoms with E-state index in [-0.39, 0.29) is 23.5 Å². The maximum atomic E-state index is 13.4. The van der Waals surface area contributed by atoms with Gasteiger partial charge in [0.1, 0.15) is 17.0 Å². The van der Waals surface area contributed by atoms with Crippen LogP contribution in [0.3, 0.4) is 0 Å². The molecule has 0 aliphatic carbocycles. The molecule has 0 fully saturated rings. The summed E-state index contributed by atoms with van der Waals surface area (Å²) in [6, 6.07) is 17.4. The molecule has 0 aliphatic heterocycles. The normalized spacial score (nSPS) is 12.4. The average Bonchev–Trinajstić information content (AvgIpc) is 2.72. The summed E-state index contributed by atoms with van der Waals surface area (Å²) in [5, 5.41) is 0.956. The van der Waals surface area contributed by atoms with E-state index >= 15 is 0 Å². The Hall–Kier alpha value is -3.08. The molecule has 3 aromatic rings. The van der Waals surface area contributed by atoms with E-state index in [2.05, 4.69) is 0 Å². The lowest BCUT2D eigenvalue weighted by molar-refractivity contribution is -0.180. The zero-order chi connectivity index (χ0) is 24.6. The van der Waals surface area contributed by atoms with Gasteiger partial charge < -0.3 is 14.0 Å². The topological polar surface area (TPSA) is 57.5 Å². The lowest BCUT2D eigenvalue weighted by Crippen LogP contribution is -2.53. The maximum absolute atomic E-state index is 13.4. The van der Waals surface area contributed by atoms with Crippen molar-refractivity contribution in [3.05, 3.63) is 65.0 Å². The van der Waals surface area contributed by atoms with Crippen molar-refractivity contribution in [3.8, 4) is 16.9 Å². The fraction of sp³-hybridized carbons (Fsp3) is 0.429. The molecule has 0 amide bonds. The molecule has 2 aromatic carbocycles. The maximum Gasteiger partial charge on any atom is 0.309 e. The number of nitrogens with zero attached hydrogens (tertiary/aromatic N) is 1. The SMILES string of the molecule is CC(C)C(=O)OC(C)(C)C(C)(C)Oc1ccc2cc(-c3ccccc3)c(=O)n(C(C)C)c2c1. The van der Waals surface area contributed by atoms with Gasteiger partial charge in [-0.05, 0) is 70.7 Å². The number of esters is 1. The molecule has 5 nitrogen and oxygen atoms in total. The number of aromatic nitrogens is 1. The molecule has 0 saturated carbocycles. The van der Waals surface area contributed by atoms with Crippen molar-refractivity contribution in [3.63, 3.8) is 0 Å². The Labute approximate surface area is 196 Å². The lowest BCUT2D eigenvalue weighted by Gasteiger charge is -2.41. The summed E-state index contributed by atoms with van der Waals surface area (Å²) in [6.07, 6.45) is 0. The minimum atomic E-state index is -0.863. The molecular formula is C28H35NO4. The van der Waals surface area contributed by atoms with Crippen molar-refractivity contribution in [2.75, 3.05) is 0 Å². The fourth-order valence-corrected chi connectivity index (χ4v) is 3.62. The van der Waals surface area contributed by atoms with E-state index in [1.54, 1.807) is 0 Å². The molecule has 1 heterocycles. The van der Waals surface area contributed by atoms with Crippen LogP contribution < -0.4 is 10.3 Å². The van der Waals surface area contributed by atoms with Gasteiger partial charge in [-0.1, -0.05) is 44.2 Å². The number of rotatable bonds is 7. The smallest absolute Gasteiger partial charge is 0.309 e. The second kappa shape index (κ2) is 9.05. The Morgan fingerprint density at radius 1 is 0.879 bits per heavy atom.